The van der Waals surface area contributed by atoms with Crippen LogP contribution in [0.15, 0.2) is 54.6 Å². The van der Waals surface area contributed by atoms with Gasteiger partial charge in [-0.15, -0.1) is 0 Å². The normalized spacial score (nSPS) is 27.0. The molecule has 1 saturated carbocycles. The van der Waals surface area contributed by atoms with Crippen LogP contribution in [-0.2, 0) is 9.59 Å². The van der Waals surface area contributed by atoms with Crippen molar-refractivity contribution in [2.24, 2.45) is 23.7 Å². The van der Waals surface area contributed by atoms with Crippen LogP contribution in [0, 0.1) is 30.6 Å². The molecule has 3 aliphatic rings. The van der Waals surface area contributed by atoms with E-state index in [0.717, 1.165) is 12.0 Å². The van der Waals surface area contributed by atoms with Crippen molar-refractivity contribution in [3.63, 3.8) is 0 Å². The lowest BCUT2D eigenvalue weighted by atomic mass is 9.85. The smallest absolute Gasteiger partial charge is 0.238 e. The van der Waals surface area contributed by atoms with Gasteiger partial charge in [-0.25, -0.2) is 4.90 Å². The predicted octanol–water partition coefficient (Wildman–Crippen LogP) is 4.61. The van der Waals surface area contributed by atoms with Gasteiger partial charge in [-0.2, -0.15) is 0 Å². The van der Waals surface area contributed by atoms with Gasteiger partial charge in [0.2, 0.25) is 17.6 Å². The molecular formula is C25H22ClNO4. The molecule has 0 spiro atoms. The Morgan fingerprint density at radius 1 is 1.03 bits per heavy atom. The van der Waals surface area contributed by atoms with Crippen LogP contribution >= 0.6 is 11.6 Å². The van der Waals surface area contributed by atoms with Crippen molar-refractivity contribution in [3.8, 4) is 5.75 Å². The van der Waals surface area contributed by atoms with Crippen molar-refractivity contribution < 1.29 is 19.1 Å². The largest absolute Gasteiger partial charge is 0.480 e. The number of hydrogen-bond donors (Lipinski definition) is 0. The summed E-state index contributed by atoms with van der Waals surface area (Å²) in [5, 5.41) is 0.388. The molecule has 2 amide bonds. The second-order valence-corrected chi connectivity index (χ2v) is 9.05. The first kappa shape index (κ1) is 20.0. The number of anilines is 1. The monoisotopic (exact) mass is 435 g/mol. The van der Waals surface area contributed by atoms with Crippen molar-refractivity contribution >= 4 is 34.9 Å². The summed E-state index contributed by atoms with van der Waals surface area (Å²) in [6, 6.07) is 12.1. The second-order valence-electron chi connectivity index (χ2n) is 8.61. The van der Waals surface area contributed by atoms with E-state index in [1.807, 2.05) is 19.1 Å². The van der Waals surface area contributed by atoms with Crippen molar-refractivity contribution in [2.75, 3.05) is 4.90 Å². The fourth-order valence-electron chi connectivity index (χ4n) is 5.10. The van der Waals surface area contributed by atoms with Crippen molar-refractivity contribution in [3.05, 3.63) is 70.8 Å². The van der Waals surface area contributed by atoms with E-state index in [4.69, 9.17) is 16.3 Å². The van der Waals surface area contributed by atoms with Gasteiger partial charge in [-0.3, -0.25) is 14.4 Å². The number of benzene rings is 2. The Labute approximate surface area is 185 Å². The Hall–Kier alpha value is -2.92. The number of ether oxygens (including phenoxy) is 1. The SMILES string of the molecule is Cc1ccc(C(=O)[C@H](C)Oc2ccc(Cl)cc2N2C(=O)[C@@H]3[C@H](C2=O)[C@H]2C=C[C@H]3C2)cc1. The number of nitrogens with zero attached hydrogens (tertiary/aromatic N) is 1. The molecule has 2 aromatic carbocycles. The van der Waals surface area contributed by atoms with Crippen LogP contribution in [0.25, 0.3) is 0 Å². The van der Waals surface area contributed by atoms with Crippen LogP contribution in [0.2, 0.25) is 5.02 Å². The topological polar surface area (TPSA) is 63.7 Å². The van der Waals surface area contributed by atoms with Gasteiger partial charge in [0.25, 0.3) is 0 Å². The first-order chi connectivity index (χ1) is 14.8. The van der Waals surface area contributed by atoms with E-state index in [1.165, 1.54) is 4.90 Å². The van der Waals surface area contributed by atoms with Crippen molar-refractivity contribution in [2.45, 2.75) is 26.4 Å². The first-order valence-corrected chi connectivity index (χ1v) is 10.9. The van der Waals surface area contributed by atoms with Gasteiger partial charge < -0.3 is 4.74 Å². The van der Waals surface area contributed by atoms with E-state index >= 15 is 0 Å². The van der Waals surface area contributed by atoms with Gasteiger partial charge in [0, 0.05) is 10.6 Å². The fourth-order valence-corrected chi connectivity index (χ4v) is 5.27. The Bertz CT molecular complexity index is 1090. The fraction of sp³-hybridized carbons (Fsp3) is 0.320. The standard InChI is InChI=1S/C25H22ClNO4/c1-13-3-5-15(6-4-13)23(28)14(2)31-20-10-9-18(26)12-19(20)27-24(29)21-16-7-8-17(11-16)22(21)25(27)30/h3-10,12,14,16-17,21-22H,11H2,1-2H3/t14-,16-,17-,21-,22+/m0/s1. The molecule has 5 rings (SSSR count). The van der Waals surface area contributed by atoms with Crippen LogP contribution in [0.1, 0.15) is 29.3 Å². The predicted molar refractivity (Wildman–Crippen MR) is 117 cm³/mol. The number of allylic oxidation sites excluding steroid dienone is 2. The average molecular weight is 436 g/mol. The van der Waals surface area contributed by atoms with E-state index in [1.54, 1.807) is 37.3 Å². The molecule has 1 saturated heterocycles. The number of hydrogen-bond acceptors (Lipinski definition) is 4. The number of carbonyl (C=O) groups excluding carboxylic acids is 3. The van der Waals surface area contributed by atoms with Crippen LogP contribution in [0.3, 0.4) is 0 Å². The molecule has 0 radical (unpaired) electrons. The van der Waals surface area contributed by atoms with E-state index in [-0.39, 0.29) is 41.3 Å². The highest BCUT2D eigenvalue weighted by Gasteiger charge is 2.60. The highest BCUT2D eigenvalue weighted by Crippen LogP contribution is 2.54. The minimum atomic E-state index is -0.798. The van der Waals surface area contributed by atoms with Gasteiger partial charge in [0.1, 0.15) is 5.75 Å². The summed E-state index contributed by atoms with van der Waals surface area (Å²) >= 11 is 6.21. The molecule has 6 heteroatoms. The summed E-state index contributed by atoms with van der Waals surface area (Å²) in [6.07, 6.45) is 4.17. The van der Waals surface area contributed by atoms with E-state index in [0.29, 0.717) is 22.0 Å². The number of rotatable bonds is 5. The van der Waals surface area contributed by atoms with E-state index in [9.17, 15) is 14.4 Å². The molecule has 2 bridgehead atoms. The van der Waals surface area contributed by atoms with E-state index in [2.05, 4.69) is 12.2 Å². The first-order valence-electron chi connectivity index (χ1n) is 10.5. The average Bonchev–Trinajstić information content (AvgIpc) is 3.43. The molecule has 0 N–H and O–H groups in total. The number of ketones is 1. The molecule has 2 aliphatic carbocycles. The molecule has 2 fully saturated rings. The van der Waals surface area contributed by atoms with Crippen LogP contribution in [0.5, 0.6) is 5.75 Å². The van der Waals surface area contributed by atoms with Gasteiger partial charge in [0.05, 0.1) is 17.5 Å². The second kappa shape index (κ2) is 7.34. The van der Waals surface area contributed by atoms with Crippen molar-refractivity contribution in [1.82, 2.24) is 0 Å². The molecule has 0 unspecified atom stereocenters. The third-order valence-corrected chi connectivity index (χ3v) is 6.88. The quantitative estimate of drug-likeness (QED) is 0.391. The molecule has 31 heavy (non-hydrogen) atoms. The summed E-state index contributed by atoms with van der Waals surface area (Å²) in [5.74, 6) is -0.725. The van der Waals surface area contributed by atoms with Gasteiger partial charge in [0.15, 0.2) is 6.10 Å². The summed E-state index contributed by atoms with van der Waals surface area (Å²) < 4.78 is 5.98. The third kappa shape index (κ3) is 3.19. The summed E-state index contributed by atoms with van der Waals surface area (Å²) in [5.41, 5.74) is 1.91. The minimum Gasteiger partial charge on any atom is -0.480 e. The third-order valence-electron chi connectivity index (χ3n) is 6.64. The summed E-state index contributed by atoms with van der Waals surface area (Å²) in [4.78, 5) is 40.5. The molecule has 5 atom stereocenters. The number of amides is 2. The maximum atomic E-state index is 13.2. The van der Waals surface area contributed by atoms with Crippen LogP contribution in [-0.4, -0.2) is 23.7 Å². The van der Waals surface area contributed by atoms with Crippen LogP contribution < -0.4 is 9.64 Å². The van der Waals surface area contributed by atoms with Crippen LogP contribution in [0.4, 0.5) is 5.69 Å². The Morgan fingerprint density at radius 3 is 2.26 bits per heavy atom. The molecule has 2 aromatic rings. The molecule has 158 valence electrons. The number of aryl methyl sites for hydroxylation is 1. The maximum Gasteiger partial charge on any atom is 0.238 e. The molecule has 1 heterocycles. The Balaban J connectivity index is 1.44. The Morgan fingerprint density at radius 2 is 1.65 bits per heavy atom. The Kier molecular flexibility index (Phi) is 4.74. The summed E-state index contributed by atoms with van der Waals surface area (Å²) in [6.45, 7) is 3.61. The number of halogens is 1. The highest BCUT2D eigenvalue weighted by molar-refractivity contribution is 6.31. The highest BCUT2D eigenvalue weighted by atomic mass is 35.5. The molecule has 5 nitrogen and oxygen atoms in total. The number of fused-ring (bicyclic) bond motifs is 5. The zero-order valence-electron chi connectivity index (χ0n) is 17.2. The van der Waals surface area contributed by atoms with Gasteiger partial charge in [-0.1, -0.05) is 53.6 Å². The maximum absolute atomic E-state index is 13.2. The lowest BCUT2D eigenvalue weighted by Gasteiger charge is -2.23. The molecule has 1 aliphatic heterocycles. The lowest BCUT2D eigenvalue weighted by molar-refractivity contribution is -0.123. The van der Waals surface area contributed by atoms with E-state index < -0.39 is 6.10 Å². The number of Topliss-reactive ketones (excluding diaryl/α,β-unsaturated/α-hetero) is 1. The van der Waals surface area contributed by atoms with Gasteiger partial charge in [-0.05, 0) is 50.3 Å². The number of carbonyl (C=O) groups is 3. The van der Waals surface area contributed by atoms with Crippen molar-refractivity contribution in [1.29, 1.82) is 0 Å². The zero-order chi connectivity index (χ0) is 21.9. The number of imide groups is 1. The molecular weight excluding hydrogens is 414 g/mol. The lowest BCUT2D eigenvalue weighted by Crippen LogP contribution is -2.34. The van der Waals surface area contributed by atoms with Gasteiger partial charge >= 0.3 is 0 Å². The molecule has 0 aromatic heterocycles. The minimum absolute atomic E-state index is 0.113. The summed E-state index contributed by atoms with van der Waals surface area (Å²) in [7, 11) is 0. The zero-order valence-corrected chi connectivity index (χ0v) is 18.0.